The molecule has 1 aromatic heterocycles. The third-order valence-electron chi connectivity index (χ3n) is 5.65. The van der Waals surface area contributed by atoms with Gasteiger partial charge < -0.3 is 14.4 Å². The van der Waals surface area contributed by atoms with E-state index in [2.05, 4.69) is 23.7 Å². The minimum absolute atomic E-state index is 0.215. The highest BCUT2D eigenvalue weighted by atomic mass is 32.2. The lowest BCUT2D eigenvalue weighted by molar-refractivity contribution is -0.113. The predicted octanol–water partition coefficient (Wildman–Crippen LogP) is 4.88. The molecule has 0 bridgehead atoms. The molecule has 0 aliphatic carbocycles. The van der Waals surface area contributed by atoms with Crippen molar-refractivity contribution in [2.24, 2.45) is 10.9 Å². The molecule has 35 heavy (non-hydrogen) atoms. The summed E-state index contributed by atoms with van der Waals surface area (Å²) < 4.78 is 13.1. The number of para-hydroxylation sites is 1. The van der Waals surface area contributed by atoms with E-state index in [0.29, 0.717) is 30.6 Å². The Morgan fingerprint density at radius 2 is 1.83 bits per heavy atom. The molecule has 0 unspecified atom stereocenters. The van der Waals surface area contributed by atoms with E-state index < -0.39 is 0 Å². The van der Waals surface area contributed by atoms with Crippen LogP contribution >= 0.6 is 11.8 Å². The molecular weight excluding hydrogens is 460 g/mol. The van der Waals surface area contributed by atoms with E-state index in [9.17, 15) is 4.79 Å². The summed E-state index contributed by atoms with van der Waals surface area (Å²) in [5.74, 6) is 1.07. The molecule has 3 heterocycles. The van der Waals surface area contributed by atoms with Gasteiger partial charge in [0, 0.05) is 30.4 Å². The molecule has 8 heteroatoms. The summed E-state index contributed by atoms with van der Waals surface area (Å²) in [4.78, 5) is 19.8. The summed E-state index contributed by atoms with van der Waals surface area (Å²) in [5, 5.41) is 5.62. The number of nitrogens with zero attached hydrogens (tertiary/aromatic N) is 4. The third-order valence-corrected chi connectivity index (χ3v) is 6.70. The summed E-state index contributed by atoms with van der Waals surface area (Å²) in [7, 11) is 0. The zero-order valence-electron chi connectivity index (χ0n) is 19.9. The molecule has 1 saturated heterocycles. The van der Waals surface area contributed by atoms with Crippen LogP contribution in [0.1, 0.15) is 19.4 Å². The third kappa shape index (κ3) is 5.49. The van der Waals surface area contributed by atoms with Gasteiger partial charge in [0.1, 0.15) is 5.75 Å². The zero-order valence-corrected chi connectivity index (χ0v) is 20.7. The van der Waals surface area contributed by atoms with E-state index in [1.165, 1.54) is 11.8 Å². The molecule has 0 N–H and O–H groups in total. The Morgan fingerprint density at radius 1 is 1.09 bits per heavy atom. The first kappa shape index (κ1) is 23.4. The number of amides is 1. The van der Waals surface area contributed by atoms with Gasteiger partial charge in [-0.05, 0) is 60.2 Å². The maximum atomic E-state index is 12.7. The number of carbonyl (C=O) groups is 1. The van der Waals surface area contributed by atoms with Crippen molar-refractivity contribution in [1.82, 2.24) is 14.7 Å². The number of aromatic nitrogens is 2. The van der Waals surface area contributed by atoms with Crippen LogP contribution in [-0.4, -0.2) is 58.7 Å². The maximum Gasteiger partial charge on any atom is 0.286 e. The van der Waals surface area contributed by atoms with Crippen LogP contribution in [0.25, 0.3) is 23.0 Å². The molecule has 3 aromatic rings. The van der Waals surface area contributed by atoms with Gasteiger partial charge in [-0.3, -0.25) is 4.79 Å². The van der Waals surface area contributed by atoms with E-state index in [1.807, 2.05) is 71.6 Å². The van der Waals surface area contributed by atoms with Crippen LogP contribution in [-0.2, 0) is 9.53 Å². The lowest BCUT2D eigenvalue weighted by Crippen LogP contribution is -2.38. The van der Waals surface area contributed by atoms with Crippen LogP contribution in [0.3, 0.4) is 0 Å². The molecule has 1 fully saturated rings. The summed E-state index contributed by atoms with van der Waals surface area (Å²) in [6.45, 7) is 7.71. The van der Waals surface area contributed by atoms with Gasteiger partial charge in [-0.2, -0.15) is 10.1 Å². The summed E-state index contributed by atoms with van der Waals surface area (Å²) in [6.07, 6.45) is 3.86. The fraction of sp³-hybridized carbons (Fsp3) is 0.296. The lowest BCUT2D eigenvalue weighted by Gasteiger charge is -2.27. The van der Waals surface area contributed by atoms with Crippen molar-refractivity contribution in [3.63, 3.8) is 0 Å². The van der Waals surface area contributed by atoms with Crippen LogP contribution in [0.2, 0.25) is 0 Å². The van der Waals surface area contributed by atoms with Gasteiger partial charge in [0.25, 0.3) is 5.91 Å². The van der Waals surface area contributed by atoms with Gasteiger partial charge in [0.05, 0.1) is 36.1 Å². The second-order valence-electron chi connectivity index (χ2n) is 8.85. The Hall–Kier alpha value is -3.36. The normalized spacial score (nSPS) is 17.3. The fourth-order valence-corrected chi connectivity index (χ4v) is 4.79. The van der Waals surface area contributed by atoms with Crippen LogP contribution in [0.5, 0.6) is 5.75 Å². The molecule has 180 valence electrons. The lowest BCUT2D eigenvalue weighted by atomic mass is 10.1. The van der Waals surface area contributed by atoms with Gasteiger partial charge in [-0.25, -0.2) is 4.68 Å². The van der Waals surface area contributed by atoms with E-state index >= 15 is 0 Å². The number of rotatable bonds is 6. The number of benzene rings is 2. The van der Waals surface area contributed by atoms with Gasteiger partial charge in [-0.1, -0.05) is 32.0 Å². The van der Waals surface area contributed by atoms with Gasteiger partial charge >= 0.3 is 0 Å². The van der Waals surface area contributed by atoms with Gasteiger partial charge in [0.15, 0.2) is 5.17 Å². The Kier molecular flexibility index (Phi) is 7.01. The Bertz CT molecular complexity index is 1240. The molecular formula is C27H28N4O3S. The summed E-state index contributed by atoms with van der Waals surface area (Å²) in [5.41, 5.74) is 3.56. The van der Waals surface area contributed by atoms with Crippen molar-refractivity contribution in [3.05, 3.63) is 71.3 Å². The minimum atomic E-state index is -0.215. The van der Waals surface area contributed by atoms with Crippen molar-refractivity contribution in [2.75, 3.05) is 32.9 Å². The number of thioether (sulfide) groups is 1. The van der Waals surface area contributed by atoms with E-state index in [-0.39, 0.29) is 5.91 Å². The van der Waals surface area contributed by atoms with Crippen LogP contribution < -0.4 is 4.74 Å². The SMILES string of the molecule is CC(C)COc1ccc(-c2nn(-c3ccccc3)cc2/C=C2\SC(N3CCOCC3)=NC2=O)cc1. The highest BCUT2D eigenvalue weighted by Crippen LogP contribution is 2.34. The van der Waals surface area contributed by atoms with Gasteiger partial charge in [-0.15, -0.1) is 0 Å². The zero-order chi connectivity index (χ0) is 24.2. The average molecular weight is 489 g/mol. The summed E-state index contributed by atoms with van der Waals surface area (Å²) in [6, 6.07) is 17.9. The first-order valence-corrected chi connectivity index (χ1v) is 12.6. The highest BCUT2D eigenvalue weighted by molar-refractivity contribution is 8.18. The smallest absolute Gasteiger partial charge is 0.286 e. The highest BCUT2D eigenvalue weighted by Gasteiger charge is 2.28. The number of morpholine rings is 1. The average Bonchev–Trinajstić information content (AvgIpc) is 3.48. The van der Waals surface area contributed by atoms with Crippen molar-refractivity contribution in [3.8, 4) is 22.7 Å². The predicted molar refractivity (Wildman–Crippen MR) is 140 cm³/mol. The van der Waals surface area contributed by atoms with E-state index in [4.69, 9.17) is 14.6 Å². The maximum absolute atomic E-state index is 12.7. The summed E-state index contributed by atoms with van der Waals surface area (Å²) >= 11 is 1.42. The topological polar surface area (TPSA) is 68.9 Å². The van der Waals surface area contributed by atoms with Crippen molar-refractivity contribution < 1.29 is 14.3 Å². The molecule has 7 nitrogen and oxygen atoms in total. The Balaban J connectivity index is 1.46. The quantitative estimate of drug-likeness (QED) is 0.461. The second kappa shape index (κ2) is 10.5. The number of amidine groups is 1. The number of hydrogen-bond acceptors (Lipinski definition) is 6. The minimum Gasteiger partial charge on any atom is -0.493 e. The molecule has 5 rings (SSSR count). The molecule has 0 saturated carbocycles. The molecule has 2 aliphatic rings. The van der Waals surface area contributed by atoms with Crippen LogP contribution in [0, 0.1) is 5.92 Å². The first-order chi connectivity index (χ1) is 17.1. The van der Waals surface area contributed by atoms with Crippen LogP contribution in [0.4, 0.5) is 0 Å². The molecule has 2 aliphatic heterocycles. The number of hydrogen-bond donors (Lipinski definition) is 0. The number of carbonyl (C=O) groups excluding carboxylic acids is 1. The van der Waals surface area contributed by atoms with Crippen LogP contribution in [0.15, 0.2) is 70.7 Å². The number of ether oxygens (including phenoxy) is 2. The van der Waals surface area contributed by atoms with E-state index in [0.717, 1.165) is 46.5 Å². The fourth-order valence-electron chi connectivity index (χ4n) is 3.83. The molecule has 1 amide bonds. The number of aliphatic imine (C=N–C) groups is 1. The van der Waals surface area contributed by atoms with Crippen molar-refractivity contribution in [1.29, 1.82) is 0 Å². The Labute approximate surface area is 209 Å². The van der Waals surface area contributed by atoms with E-state index in [1.54, 1.807) is 0 Å². The molecule has 0 radical (unpaired) electrons. The largest absolute Gasteiger partial charge is 0.493 e. The molecule has 0 atom stereocenters. The first-order valence-electron chi connectivity index (χ1n) is 11.8. The standard InChI is InChI=1S/C27H28N4O3S/c1-19(2)18-34-23-10-8-20(9-11-23)25-21(17-31(29-25)22-6-4-3-5-7-22)16-24-26(32)28-27(35-24)30-12-14-33-15-13-30/h3-11,16-17,19H,12-15,18H2,1-2H3/b24-16-. The van der Waals surface area contributed by atoms with Crippen molar-refractivity contribution >= 4 is 28.9 Å². The second-order valence-corrected chi connectivity index (χ2v) is 9.86. The molecule has 0 spiro atoms. The monoisotopic (exact) mass is 488 g/mol. The Morgan fingerprint density at radius 3 is 2.54 bits per heavy atom. The van der Waals surface area contributed by atoms with Crippen molar-refractivity contribution in [2.45, 2.75) is 13.8 Å². The van der Waals surface area contributed by atoms with Gasteiger partial charge in [0.2, 0.25) is 0 Å². The molecule has 2 aromatic carbocycles.